The summed E-state index contributed by atoms with van der Waals surface area (Å²) in [6.07, 6.45) is 0. The summed E-state index contributed by atoms with van der Waals surface area (Å²) in [5.41, 5.74) is 5.58. The summed E-state index contributed by atoms with van der Waals surface area (Å²) < 4.78 is 17.3. The summed E-state index contributed by atoms with van der Waals surface area (Å²) in [4.78, 5) is 22.5. The topological polar surface area (TPSA) is 81.4 Å². The van der Waals surface area contributed by atoms with Gasteiger partial charge >= 0.3 is 0 Å². The van der Waals surface area contributed by atoms with Gasteiger partial charge in [0.1, 0.15) is 18.5 Å². The average Bonchev–Trinajstić information content (AvgIpc) is 2.27. The average molecular weight is 240 g/mol. The number of ether oxygens (including phenoxy) is 1. The first-order valence-corrected chi connectivity index (χ1v) is 4.87. The predicted molar refractivity (Wildman–Crippen MR) is 58.4 cm³/mol. The van der Waals surface area contributed by atoms with Crippen molar-refractivity contribution in [3.05, 3.63) is 35.6 Å². The Morgan fingerprint density at radius 2 is 2.00 bits per heavy atom. The lowest BCUT2D eigenvalue weighted by molar-refractivity contribution is -0.129. The molecule has 0 aliphatic carbocycles. The Labute approximate surface area is 97.7 Å². The van der Waals surface area contributed by atoms with E-state index in [1.165, 1.54) is 31.4 Å². The number of halogens is 1. The van der Waals surface area contributed by atoms with Crippen molar-refractivity contribution < 1.29 is 18.7 Å². The van der Waals surface area contributed by atoms with Gasteiger partial charge < -0.3 is 15.8 Å². The molecule has 3 N–H and O–H groups in total. The van der Waals surface area contributed by atoms with Gasteiger partial charge in [0.15, 0.2) is 0 Å². The largest absolute Gasteiger partial charge is 0.375 e. The van der Waals surface area contributed by atoms with Gasteiger partial charge in [-0.3, -0.25) is 9.59 Å². The van der Waals surface area contributed by atoms with E-state index in [-0.39, 0.29) is 6.61 Å². The van der Waals surface area contributed by atoms with E-state index < -0.39 is 23.7 Å². The Kier molecular flexibility index (Phi) is 4.59. The molecule has 1 atom stereocenters. The number of amides is 2. The van der Waals surface area contributed by atoms with Crippen molar-refractivity contribution in [2.75, 3.05) is 13.7 Å². The van der Waals surface area contributed by atoms with Crippen LogP contribution in [0.1, 0.15) is 11.6 Å². The first-order chi connectivity index (χ1) is 8.04. The molecule has 0 aliphatic rings. The van der Waals surface area contributed by atoms with E-state index in [0.717, 1.165) is 0 Å². The summed E-state index contributed by atoms with van der Waals surface area (Å²) in [6, 6.07) is 4.16. The second-order valence-electron chi connectivity index (χ2n) is 3.39. The van der Waals surface area contributed by atoms with Gasteiger partial charge in [0.05, 0.1) is 0 Å². The number of benzene rings is 1. The molecule has 0 fully saturated rings. The van der Waals surface area contributed by atoms with E-state index in [2.05, 4.69) is 10.1 Å². The third kappa shape index (κ3) is 3.84. The van der Waals surface area contributed by atoms with Gasteiger partial charge in [-0.1, -0.05) is 12.1 Å². The van der Waals surface area contributed by atoms with Crippen LogP contribution >= 0.6 is 0 Å². The third-order valence-corrected chi connectivity index (χ3v) is 2.07. The van der Waals surface area contributed by atoms with E-state index in [9.17, 15) is 14.0 Å². The SMILES string of the molecule is COCC(=O)N[C@H](C(N)=O)c1ccc(F)cc1. The van der Waals surface area contributed by atoms with E-state index >= 15 is 0 Å². The number of carbonyl (C=O) groups is 2. The van der Waals surface area contributed by atoms with Crippen LogP contribution < -0.4 is 11.1 Å². The summed E-state index contributed by atoms with van der Waals surface area (Å²) in [5.74, 6) is -1.62. The Morgan fingerprint density at radius 3 is 2.47 bits per heavy atom. The normalized spacial score (nSPS) is 11.9. The number of methoxy groups -OCH3 is 1. The lowest BCUT2D eigenvalue weighted by atomic mass is 10.1. The Balaban J connectivity index is 2.82. The van der Waals surface area contributed by atoms with Gasteiger partial charge in [-0.05, 0) is 17.7 Å². The fourth-order valence-corrected chi connectivity index (χ4v) is 1.31. The molecule has 5 nitrogen and oxygen atoms in total. The lowest BCUT2D eigenvalue weighted by Crippen LogP contribution is -2.39. The first-order valence-electron chi connectivity index (χ1n) is 4.87. The second kappa shape index (κ2) is 5.95. The molecular formula is C11H13FN2O3. The predicted octanol–water partition coefficient (Wildman–Crippen LogP) is 0.115. The summed E-state index contributed by atoms with van der Waals surface area (Å²) >= 11 is 0. The zero-order valence-corrected chi connectivity index (χ0v) is 9.27. The van der Waals surface area contributed by atoms with Crippen molar-refractivity contribution in [2.45, 2.75) is 6.04 Å². The van der Waals surface area contributed by atoms with E-state index in [1.54, 1.807) is 0 Å². The Hall–Kier alpha value is -1.95. The molecule has 0 radical (unpaired) electrons. The summed E-state index contributed by atoms with van der Waals surface area (Å²) in [6.45, 7) is -0.176. The van der Waals surface area contributed by atoms with E-state index in [1.807, 2.05) is 0 Å². The van der Waals surface area contributed by atoms with Gasteiger partial charge in [-0.25, -0.2) is 4.39 Å². The molecule has 0 saturated carbocycles. The fraction of sp³-hybridized carbons (Fsp3) is 0.273. The number of primary amides is 1. The molecule has 92 valence electrons. The summed E-state index contributed by atoms with van der Waals surface area (Å²) in [5, 5.41) is 2.39. The standard InChI is InChI=1S/C11H13FN2O3/c1-17-6-9(15)14-10(11(13)16)7-2-4-8(12)5-3-7/h2-5,10H,6H2,1H3,(H2,13,16)(H,14,15)/t10-/m0/s1. The van der Waals surface area contributed by atoms with Crippen LogP contribution in [-0.2, 0) is 14.3 Å². The zero-order chi connectivity index (χ0) is 12.8. The highest BCUT2D eigenvalue weighted by Crippen LogP contribution is 2.13. The molecule has 0 bridgehead atoms. The smallest absolute Gasteiger partial charge is 0.246 e. The van der Waals surface area contributed by atoms with Crippen molar-refractivity contribution in [1.82, 2.24) is 5.32 Å². The highest BCUT2D eigenvalue weighted by Gasteiger charge is 2.19. The molecule has 2 amide bonds. The Bertz CT molecular complexity index is 406. The molecule has 0 aliphatic heterocycles. The van der Waals surface area contributed by atoms with Crippen LogP contribution in [0.25, 0.3) is 0 Å². The van der Waals surface area contributed by atoms with E-state index in [0.29, 0.717) is 5.56 Å². The molecule has 1 aromatic carbocycles. The van der Waals surface area contributed by atoms with Crippen molar-refractivity contribution in [2.24, 2.45) is 5.73 Å². The van der Waals surface area contributed by atoms with Crippen LogP contribution in [0.2, 0.25) is 0 Å². The number of nitrogens with two attached hydrogens (primary N) is 1. The van der Waals surface area contributed by atoms with Crippen LogP contribution in [0, 0.1) is 5.82 Å². The third-order valence-electron chi connectivity index (χ3n) is 2.07. The molecule has 0 aromatic heterocycles. The monoisotopic (exact) mass is 240 g/mol. The molecule has 6 heteroatoms. The van der Waals surface area contributed by atoms with Gasteiger partial charge in [0.2, 0.25) is 11.8 Å². The molecular weight excluding hydrogens is 227 g/mol. The van der Waals surface area contributed by atoms with Crippen LogP contribution in [0.15, 0.2) is 24.3 Å². The maximum atomic E-state index is 12.7. The number of hydrogen-bond acceptors (Lipinski definition) is 3. The van der Waals surface area contributed by atoms with Gasteiger partial charge in [0.25, 0.3) is 0 Å². The molecule has 0 heterocycles. The minimum atomic E-state index is -0.988. The second-order valence-corrected chi connectivity index (χ2v) is 3.39. The van der Waals surface area contributed by atoms with Gasteiger partial charge in [-0.15, -0.1) is 0 Å². The maximum Gasteiger partial charge on any atom is 0.246 e. The van der Waals surface area contributed by atoms with Crippen LogP contribution in [0.3, 0.4) is 0 Å². The van der Waals surface area contributed by atoms with E-state index in [4.69, 9.17) is 5.73 Å². The van der Waals surface area contributed by atoms with Crippen molar-refractivity contribution >= 4 is 11.8 Å². The minimum absolute atomic E-state index is 0.176. The molecule has 0 unspecified atom stereocenters. The number of carbonyl (C=O) groups excluding carboxylic acids is 2. The molecule has 17 heavy (non-hydrogen) atoms. The molecule has 0 spiro atoms. The van der Waals surface area contributed by atoms with Crippen molar-refractivity contribution in [1.29, 1.82) is 0 Å². The Morgan fingerprint density at radius 1 is 1.41 bits per heavy atom. The van der Waals surface area contributed by atoms with Crippen LogP contribution in [0.5, 0.6) is 0 Å². The first kappa shape index (κ1) is 13.1. The van der Waals surface area contributed by atoms with Crippen molar-refractivity contribution in [3.63, 3.8) is 0 Å². The lowest BCUT2D eigenvalue weighted by Gasteiger charge is -2.15. The van der Waals surface area contributed by atoms with Crippen LogP contribution in [0.4, 0.5) is 4.39 Å². The highest BCUT2D eigenvalue weighted by molar-refractivity contribution is 5.88. The zero-order valence-electron chi connectivity index (χ0n) is 9.27. The fourth-order valence-electron chi connectivity index (χ4n) is 1.31. The van der Waals surface area contributed by atoms with Gasteiger partial charge in [-0.2, -0.15) is 0 Å². The molecule has 0 saturated heterocycles. The minimum Gasteiger partial charge on any atom is -0.375 e. The quantitative estimate of drug-likeness (QED) is 0.766. The number of hydrogen-bond donors (Lipinski definition) is 2. The molecule has 1 aromatic rings. The van der Waals surface area contributed by atoms with Gasteiger partial charge in [0, 0.05) is 7.11 Å². The molecule has 1 rings (SSSR count). The number of nitrogens with one attached hydrogen (secondary N) is 1. The van der Waals surface area contributed by atoms with Crippen molar-refractivity contribution in [3.8, 4) is 0 Å². The maximum absolute atomic E-state index is 12.7. The summed E-state index contributed by atoms with van der Waals surface area (Å²) in [7, 11) is 1.36. The highest BCUT2D eigenvalue weighted by atomic mass is 19.1. The number of rotatable bonds is 5. The van der Waals surface area contributed by atoms with Crippen LogP contribution in [-0.4, -0.2) is 25.5 Å².